The Morgan fingerprint density at radius 1 is 0.431 bits per heavy atom. The lowest BCUT2D eigenvalue weighted by molar-refractivity contribution is 0.0926. The Kier molecular flexibility index (Phi) is 8.04. The van der Waals surface area contributed by atoms with Crippen LogP contribution in [0, 0.1) is 22.7 Å². The van der Waals surface area contributed by atoms with Crippen LogP contribution in [0.25, 0.3) is 72.3 Å². The van der Waals surface area contributed by atoms with E-state index in [4.69, 9.17) is 9.97 Å². The van der Waals surface area contributed by atoms with Crippen LogP contribution < -0.4 is 4.90 Å². The van der Waals surface area contributed by atoms with E-state index in [-0.39, 0.29) is 22.5 Å². The van der Waals surface area contributed by atoms with Crippen LogP contribution >= 0.6 is 0 Å². The van der Waals surface area contributed by atoms with Crippen molar-refractivity contribution < 1.29 is 9.59 Å². The molecule has 1 aliphatic rings. The van der Waals surface area contributed by atoms with Crippen molar-refractivity contribution in [3.63, 3.8) is 0 Å². The number of rotatable bonds is 6. The summed E-state index contributed by atoms with van der Waals surface area (Å²) in [5, 5.41) is 21.4. The van der Waals surface area contributed by atoms with Crippen LogP contribution in [-0.4, -0.2) is 26.3 Å². The Morgan fingerprint density at radius 3 is 1.40 bits per heavy atom. The summed E-state index contributed by atoms with van der Waals surface area (Å²) in [6, 6.07) is 57.5. The minimum absolute atomic E-state index is 0.246. The van der Waals surface area contributed by atoms with Gasteiger partial charge >= 0.3 is 0 Å². The molecular formula is C50H28N6O2. The molecule has 0 aliphatic carbocycles. The number of hydrogen-bond acceptors (Lipinski definition) is 6. The van der Waals surface area contributed by atoms with Gasteiger partial charge in [0.05, 0.1) is 44.9 Å². The van der Waals surface area contributed by atoms with Gasteiger partial charge in [-0.2, -0.15) is 10.5 Å². The summed E-state index contributed by atoms with van der Waals surface area (Å²) in [7, 11) is 0. The predicted octanol–water partition coefficient (Wildman–Crippen LogP) is 10.8. The fourth-order valence-corrected chi connectivity index (χ4v) is 8.21. The Morgan fingerprint density at radius 2 is 0.879 bits per heavy atom. The monoisotopic (exact) mass is 744 g/mol. The lowest BCUT2D eigenvalue weighted by Gasteiger charge is -2.23. The number of nitrogens with zero attached hydrogens (tertiary/aromatic N) is 6. The Balaban J connectivity index is 1.29. The van der Waals surface area contributed by atoms with Gasteiger partial charge in [0.25, 0.3) is 11.8 Å². The number of pyridine rings is 2. The zero-order valence-corrected chi connectivity index (χ0v) is 30.7. The highest BCUT2D eigenvalue weighted by Crippen LogP contribution is 2.46. The van der Waals surface area contributed by atoms with Crippen LogP contribution in [0.5, 0.6) is 0 Å². The van der Waals surface area contributed by atoms with Crippen molar-refractivity contribution in [3.8, 4) is 62.6 Å². The number of carbonyl (C=O) groups excluding carboxylic acids is 2. The number of fused-ring (bicyclic) bond motifs is 4. The van der Waals surface area contributed by atoms with Gasteiger partial charge in [-0.3, -0.25) is 9.59 Å². The van der Waals surface area contributed by atoms with Crippen LogP contribution in [0.15, 0.2) is 170 Å². The third-order valence-electron chi connectivity index (χ3n) is 10.7. The van der Waals surface area contributed by atoms with Gasteiger partial charge in [0.2, 0.25) is 0 Å². The summed E-state index contributed by atoms with van der Waals surface area (Å²) in [5.74, 6) is -0.897. The molecule has 270 valence electrons. The van der Waals surface area contributed by atoms with E-state index in [1.54, 1.807) is 36.4 Å². The average molecular weight is 745 g/mol. The maximum atomic E-state index is 15.4. The van der Waals surface area contributed by atoms with Crippen LogP contribution in [0.3, 0.4) is 0 Å². The fraction of sp³-hybridized carbons (Fsp3) is 0. The van der Waals surface area contributed by atoms with Crippen molar-refractivity contribution in [2.75, 3.05) is 4.90 Å². The molecule has 0 atom stereocenters. The minimum atomic E-state index is -0.463. The molecule has 1 aliphatic heterocycles. The molecule has 9 aromatic rings. The quantitative estimate of drug-likeness (QED) is 0.157. The van der Waals surface area contributed by atoms with Gasteiger partial charge in [0, 0.05) is 33.0 Å². The molecule has 8 heteroatoms. The number of amides is 2. The average Bonchev–Trinajstić information content (AvgIpc) is 3.77. The molecule has 3 aromatic heterocycles. The highest BCUT2D eigenvalue weighted by Gasteiger charge is 2.41. The molecule has 0 saturated carbocycles. The molecule has 0 saturated heterocycles. The number of anilines is 1. The van der Waals surface area contributed by atoms with Crippen molar-refractivity contribution in [3.05, 3.63) is 192 Å². The number of hydrogen-bond donors (Lipinski definition) is 0. The number of aromatic nitrogens is 3. The number of nitriles is 2. The van der Waals surface area contributed by atoms with Gasteiger partial charge < -0.3 is 4.57 Å². The van der Waals surface area contributed by atoms with E-state index in [0.717, 1.165) is 55.2 Å². The Bertz CT molecular complexity index is 3080. The Hall–Kier alpha value is -8.46. The normalized spacial score (nSPS) is 12.1. The van der Waals surface area contributed by atoms with E-state index in [1.165, 1.54) is 4.90 Å². The van der Waals surface area contributed by atoms with Gasteiger partial charge in [-0.15, -0.1) is 0 Å². The molecule has 58 heavy (non-hydrogen) atoms. The van der Waals surface area contributed by atoms with E-state index in [2.05, 4.69) is 12.1 Å². The molecule has 0 N–H and O–H groups in total. The first-order valence-electron chi connectivity index (χ1n) is 18.6. The summed E-state index contributed by atoms with van der Waals surface area (Å²) in [4.78, 5) is 41.1. The first-order chi connectivity index (χ1) is 28.6. The molecule has 0 fully saturated rings. The second-order valence-electron chi connectivity index (χ2n) is 13.9. The third kappa shape index (κ3) is 5.29. The van der Waals surface area contributed by atoms with Gasteiger partial charge in [0.1, 0.15) is 23.5 Å². The lowest BCUT2D eigenvalue weighted by atomic mass is 9.95. The molecule has 0 spiro atoms. The van der Waals surface area contributed by atoms with E-state index in [9.17, 15) is 15.3 Å². The molecule has 10 rings (SSSR count). The van der Waals surface area contributed by atoms with Crippen LogP contribution in [0.2, 0.25) is 0 Å². The van der Waals surface area contributed by atoms with Gasteiger partial charge in [-0.1, -0.05) is 133 Å². The summed E-state index contributed by atoms with van der Waals surface area (Å²) >= 11 is 0. The fourth-order valence-electron chi connectivity index (χ4n) is 8.21. The second-order valence-corrected chi connectivity index (χ2v) is 13.9. The summed E-state index contributed by atoms with van der Waals surface area (Å²) < 4.78 is 2.02. The second kappa shape index (κ2) is 13.7. The first-order valence-corrected chi connectivity index (χ1v) is 18.6. The number of benzene rings is 6. The van der Waals surface area contributed by atoms with Gasteiger partial charge in [-0.05, 0) is 47.5 Å². The van der Waals surface area contributed by atoms with Crippen LogP contribution in [0.4, 0.5) is 5.69 Å². The Labute approximate surface area is 332 Å². The highest BCUT2D eigenvalue weighted by molar-refractivity contribution is 6.37. The molecule has 0 radical (unpaired) electrons. The standard InChI is InChI=1S/C50H28N6O2/c51-29-33-17-7-26-42(53-33)39-23-10-21-37-38-22-11-24-40(43-27-8-18-34(30-52)54-43)48(38)55(47(37)39)44-28-12-25-41-45(44)50(58)56(49(41)57)46-35(31-13-3-1-4-14-31)19-9-20-36(46)32-15-5-2-6-16-32/h1-28H. The molecule has 0 unspecified atom stereocenters. The summed E-state index contributed by atoms with van der Waals surface area (Å²) in [5.41, 5.74) is 9.28. The van der Waals surface area contributed by atoms with Crippen LogP contribution in [0.1, 0.15) is 32.1 Å². The van der Waals surface area contributed by atoms with Crippen molar-refractivity contribution in [1.29, 1.82) is 10.5 Å². The molecule has 2 amide bonds. The number of carbonyl (C=O) groups is 2. The molecular weight excluding hydrogens is 717 g/mol. The molecule has 0 bridgehead atoms. The molecule has 8 nitrogen and oxygen atoms in total. The van der Waals surface area contributed by atoms with E-state index >= 15 is 4.79 Å². The molecule has 6 aromatic carbocycles. The smallest absolute Gasteiger partial charge is 0.268 e. The highest BCUT2D eigenvalue weighted by atomic mass is 16.2. The van der Waals surface area contributed by atoms with E-state index in [0.29, 0.717) is 22.8 Å². The predicted molar refractivity (Wildman–Crippen MR) is 225 cm³/mol. The van der Waals surface area contributed by atoms with E-state index < -0.39 is 11.8 Å². The third-order valence-corrected chi connectivity index (χ3v) is 10.7. The SMILES string of the molecule is N#Cc1cccc(-c2cccc3c4cccc(-c5cccc(C#N)n5)c4n(-c4cccc5c4C(=O)N(c4c(-c6ccccc6)cccc4-c4ccccc4)C5=O)c23)n1. The van der Waals surface area contributed by atoms with Crippen molar-refractivity contribution in [1.82, 2.24) is 14.5 Å². The van der Waals surface area contributed by atoms with Gasteiger partial charge in [0.15, 0.2) is 0 Å². The zero-order chi connectivity index (χ0) is 39.3. The maximum Gasteiger partial charge on any atom is 0.268 e. The van der Waals surface area contributed by atoms with E-state index in [1.807, 2.05) is 138 Å². The zero-order valence-electron chi connectivity index (χ0n) is 30.7. The molecule has 4 heterocycles. The van der Waals surface area contributed by atoms with Crippen molar-refractivity contribution >= 4 is 39.3 Å². The summed E-state index contributed by atoms with van der Waals surface area (Å²) in [6.07, 6.45) is 0. The minimum Gasteiger partial charge on any atom is -0.307 e. The topological polar surface area (TPSA) is 116 Å². The van der Waals surface area contributed by atoms with Crippen molar-refractivity contribution in [2.45, 2.75) is 0 Å². The number of imide groups is 1. The first kappa shape index (κ1) is 34.1. The summed E-state index contributed by atoms with van der Waals surface area (Å²) in [6.45, 7) is 0. The van der Waals surface area contributed by atoms with Crippen LogP contribution in [-0.2, 0) is 0 Å². The number of para-hydroxylation sites is 3. The van der Waals surface area contributed by atoms with Gasteiger partial charge in [-0.25, -0.2) is 14.9 Å². The maximum absolute atomic E-state index is 15.4. The largest absolute Gasteiger partial charge is 0.307 e. The lowest BCUT2D eigenvalue weighted by Crippen LogP contribution is -2.30. The van der Waals surface area contributed by atoms with Crippen molar-refractivity contribution in [2.24, 2.45) is 0 Å².